The molecule has 16 heavy (non-hydrogen) atoms. The number of aryl methyl sites for hydroxylation is 1. The number of hydrogen-bond donors (Lipinski definition) is 1. The highest BCUT2D eigenvalue weighted by Gasteiger charge is 2.10. The van der Waals surface area contributed by atoms with Crippen LogP contribution in [0.5, 0.6) is 11.6 Å². The van der Waals surface area contributed by atoms with E-state index < -0.39 is 5.82 Å². The van der Waals surface area contributed by atoms with Gasteiger partial charge in [-0.05, 0) is 18.2 Å². The lowest BCUT2D eigenvalue weighted by Crippen LogP contribution is -1.93. The molecule has 0 saturated heterocycles. The molecule has 0 amide bonds. The standard InChI is InChI=1S/C10H9BrFN3O/c1-15-5-8(13)10(14-15)16-9-4-6(11)2-3-7(9)12/h2-5H,13H2,1H3. The number of nitrogen functional groups attached to an aromatic ring is 1. The molecule has 1 aromatic heterocycles. The average molecular weight is 286 g/mol. The minimum absolute atomic E-state index is 0.0831. The van der Waals surface area contributed by atoms with Gasteiger partial charge in [-0.15, -0.1) is 5.10 Å². The van der Waals surface area contributed by atoms with Crippen LogP contribution in [0, 0.1) is 5.82 Å². The van der Waals surface area contributed by atoms with Crippen molar-refractivity contribution in [1.82, 2.24) is 9.78 Å². The lowest BCUT2D eigenvalue weighted by Gasteiger charge is -2.04. The monoisotopic (exact) mass is 285 g/mol. The largest absolute Gasteiger partial charge is 0.433 e. The minimum Gasteiger partial charge on any atom is -0.433 e. The zero-order valence-electron chi connectivity index (χ0n) is 8.45. The summed E-state index contributed by atoms with van der Waals surface area (Å²) >= 11 is 3.23. The van der Waals surface area contributed by atoms with Crippen LogP contribution in [0.3, 0.4) is 0 Å². The molecule has 2 N–H and O–H groups in total. The molecule has 0 aliphatic heterocycles. The van der Waals surface area contributed by atoms with Gasteiger partial charge >= 0.3 is 0 Å². The van der Waals surface area contributed by atoms with Crippen LogP contribution in [0.1, 0.15) is 0 Å². The molecule has 0 saturated carbocycles. The Hall–Kier alpha value is -1.56. The Labute approximate surface area is 99.9 Å². The van der Waals surface area contributed by atoms with Crippen LogP contribution in [0.4, 0.5) is 10.1 Å². The number of benzene rings is 1. The quantitative estimate of drug-likeness (QED) is 0.923. The second-order valence-corrected chi connectivity index (χ2v) is 4.16. The summed E-state index contributed by atoms with van der Waals surface area (Å²) in [6.07, 6.45) is 1.59. The maximum atomic E-state index is 13.4. The van der Waals surface area contributed by atoms with Gasteiger partial charge in [-0.3, -0.25) is 4.68 Å². The summed E-state index contributed by atoms with van der Waals surface area (Å²) in [5, 5.41) is 3.96. The summed E-state index contributed by atoms with van der Waals surface area (Å²) in [7, 11) is 1.71. The highest BCUT2D eigenvalue weighted by molar-refractivity contribution is 9.10. The lowest BCUT2D eigenvalue weighted by molar-refractivity contribution is 0.422. The maximum Gasteiger partial charge on any atom is 0.261 e. The predicted octanol–water partition coefficient (Wildman–Crippen LogP) is 2.70. The van der Waals surface area contributed by atoms with Gasteiger partial charge < -0.3 is 10.5 Å². The molecular weight excluding hydrogens is 277 g/mol. The van der Waals surface area contributed by atoms with Crippen molar-refractivity contribution in [2.24, 2.45) is 7.05 Å². The van der Waals surface area contributed by atoms with Gasteiger partial charge in [0.05, 0.1) is 6.20 Å². The summed E-state index contributed by atoms with van der Waals surface area (Å²) in [5.41, 5.74) is 6.00. The van der Waals surface area contributed by atoms with E-state index >= 15 is 0 Å². The fourth-order valence-corrected chi connectivity index (χ4v) is 1.57. The number of hydrogen-bond acceptors (Lipinski definition) is 3. The number of nitrogens with zero attached hydrogens (tertiary/aromatic N) is 2. The molecule has 0 aliphatic rings. The summed E-state index contributed by atoms with van der Waals surface area (Å²) < 4.78 is 20.9. The average Bonchev–Trinajstić information content (AvgIpc) is 2.51. The first-order valence-corrected chi connectivity index (χ1v) is 5.27. The number of rotatable bonds is 2. The van der Waals surface area contributed by atoms with E-state index in [9.17, 15) is 4.39 Å². The van der Waals surface area contributed by atoms with Crippen molar-refractivity contribution in [1.29, 1.82) is 0 Å². The summed E-state index contributed by atoms with van der Waals surface area (Å²) in [6, 6.07) is 4.41. The van der Waals surface area contributed by atoms with E-state index in [1.807, 2.05) is 0 Å². The van der Waals surface area contributed by atoms with Gasteiger partial charge in [-0.2, -0.15) is 0 Å². The molecule has 0 bridgehead atoms. The molecule has 2 aromatic rings. The molecule has 1 aromatic carbocycles. The van der Waals surface area contributed by atoms with Crippen LogP contribution < -0.4 is 10.5 Å². The number of anilines is 1. The SMILES string of the molecule is Cn1cc(N)c(Oc2cc(Br)ccc2F)n1. The van der Waals surface area contributed by atoms with E-state index in [4.69, 9.17) is 10.5 Å². The molecule has 0 spiro atoms. The van der Waals surface area contributed by atoms with Gasteiger partial charge in [0.15, 0.2) is 11.6 Å². The van der Waals surface area contributed by atoms with E-state index in [0.29, 0.717) is 5.69 Å². The fraction of sp³-hybridized carbons (Fsp3) is 0.100. The van der Waals surface area contributed by atoms with Crippen LogP contribution in [-0.4, -0.2) is 9.78 Å². The van der Waals surface area contributed by atoms with Gasteiger partial charge in [0.1, 0.15) is 5.69 Å². The van der Waals surface area contributed by atoms with Crippen LogP contribution in [0.2, 0.25) is 0 Å². The Morgan fingerprint density at radius 1 is 1.50 bits per heavy atom. The number of ether oxygens (including phenoxy) is 1. The van der Waals surface area contributed by atoms with Gasteiger partial charge in [-0.1, -0.05) is 15.9 Å². The van der Waals surface area contributed by atoms with E-state index in [1.54, 1.807) is 19.3 Å². The van der Waals surface area contributed by atoms with E-state index in [2.05, 4.69) is 21.0 Å². The first kappa shape index (κ1) is 10.9. The molecule has 4 nitrogen and oxygen atoms in total. The van der Waals surface area contributed by atoms with Gasteiger partial charge in [0, 0.05) is 11.5 Å². The normalized spacial score (nSPS) is 10.4. The Kier molecular flexibility index (Phi) is 2.82. The number of aromatic nitrogens is 2. The van der Waals surface area contributed by atoms with Crippen molar-refractivity contribution in [3.63, 3.8) is 0 Å². The van der Waals surface area contributed by atoms with E-state index in [-0.39, 0.29) is 11.6 Å². The lowest BCUT2D eigenvalue weighted by atomic mass is 10.3. The van der Waals surface area contributed by atoms with Crippen molar-refractivity contribution in [3.8, 4) is 11.6 Å². The van der Waals surface area contributed by atoms with E-state index in [0.717, 1.165) is 4.47 Å². The van der Waals surface area contributed by atoms with E-state index in [1.165, 1.54) is 16.8 Å². The Morgan fingerprint density at radius 3 is 2.88 bits per heavy atom. The first-order valence-electron chi connectivity index (χ1n) is 4.48. The summed E-state index contributed by atoms with van der Waals surface area (Å²) in [4.78, 5) is 0. The molecule has 6 heteroatoms. The van der Waals surface area contributed by atoms with Crippen molar-refractivity contribution < 1.29 is 9.13 Å². The molecule has 2 rings (SSSR count). The molecule has 1 heterocycles. The summed E-state index contributed by atoms with van der Waals surface area (Å²) in [6.45, 7) is 0. The van der Waals surface area contributed by atoms with Crippen molar-refractivity contribution >= 4 is 21.6 Å². The molecule has 0 radical (unpaired) electrons. The molecular formula is C10H9BrFN3O. The van der Waals surface area contributed by atoms with Crippen molar-refractivity contribution in [3.05, 3.63) is 34.7 Å². The molecule has 0 unspecified atom stereocenters. The second-order valence-electron chi connectivity index (χ2n) is 3.24. The Bertz CT molecular complexity index is 527. The first-order chi connectivity index (χ1) is 7.56. The third-order valence-electron chi connectivity index (χ3n) is 1.92. The maximum absolute atomic E-state index is 13.4. The molecule has 0 fully saturated rings. The van der Waals surface area contributed by atoms with Crippen LogP contribution in [0.15, 0.2) is 28.9 Å². The Morgan fingerprint density at radius 2 is 2.25 bits per heavy atom. The third-order valence-corrected chi connectivity index (χ3v) is 2.41. The van der Waals surface area contributed by atoms with Gasteiger partial charge in [-0.25, -0.2) is 4.39 Å². The molecule has 0 aliphatic carbocycles. The number of nitrogens with two attached hydrogens (primary N) is 1. The smallest absolute Gasteiger partial charge is 0.261 e. The topological polar surface area (TPSA) is 53.1 Å². The highest BCUT2D eigenvalue weighted by atomic mass is 79.9. The van der Waals surface area contributed by atoms with Crippen molar-refractivity contribution in [2.45, 2.75) is 0 Å². The van der Waals surface area contributed by atoms with Crippen LogP contribution in [0.25, 0.3) is 0 Å². The Balaban J connectivity index is 2.33. The minimum atomic E-state index is -0.465. The van der Waals surface area contributed by atoms with Gasteiger partial charge in [0.25, 0.3) is 5.88 Å². The third kappa shape index (κ3) is 2.16. The van der Waals surface area contributed by atoms with Crippen molar-refractivity contribution in [2.75, 3.05) is 5.73 Å². The van der Waals surface area contributed by atoms with Crippen LogP contribution in [-0.2, 0) is 7.05 Å². The second kappa shape index (κ2) is 4.13. The zero-order valence-corrected chi connectivity index (χ0v) is 10.0. The number of halogens is 2. The fourth-order valence-electron chi connectivity index (χ4n) is 1.23. The summed E-state index contributed by atoms with van der Waals surface area (Å²) in [5.74, 6) is -0.187. The zero-order chi connectivity index (χ0) is 11.7. The van der Waals surface area contributed by atoms with Gasteiger partial charge in [0.2, 0.25) is 0 Å². The predicted molar refractivity (Wildman–Crippen MR) is 61.8 cm³/mol. The van der Waals surface area contributed by atoms with Crippen LogP contribution >= 0.6 is 15.9 Å². The highest BCUT2D eigenvalue weighted by Crippen LogP contribution is 2.29. The molecule has 0 atom stereocenters. The molecule has 84 valence electrons.